The third-order valence-corrected chi connectivity index (χ3v) is 4.90. The van der Waals surface area contributed by atoms with Crippen LogP contribution < -0.4 is 5.32 Å². The Hall–Kier alpha value is -1.73. The molecule has 0 aromatic carbocycles. The molecule has 1 N–H and O–H groups in total. The molecule has 0 saturated heterocycles. The molecule has 0 atom stereocenters. The molecular weight excluding hydrogens is 298 g/mol. The van der Waals surface area contributed by atoms with Gasteiger partial charge in [0.2, 0.25) is 5.91 Å². The van der Waals surface area contributed by atoms with Crippen molar-refractivity contribution in [3.63, 3.8) is 0 Å². The smallest absolute Gasteiger partial charge is 0.226 e. The minimum Gasteiger partial charge on any atom is -0.302 e. The summed E-state index contributed by atoms with van der Waals surface area (Å²) in [5, 5.41) is 7.77. The van der Waals surface area contributed by atoms with Gasteiger partial charge in [-0.05, 0) is 18.5 Å². The van der Waals surface area contributed by atoms with Crippen LogP contribution in [-0.4, -0.2) is 38.7 Å². The average molecular weight is 319 g/mol. The highest BCUT2D eigenvalue weighted by Gasteiger charge is 2.20. The number of anilines is 1. The number of nitrogens with one attached hydrogen (secondary N) is 1. The van der Waals surface area contributed by atoms with E-state index in [1.807, 2.05) is 13.2 Å². The lowest BCUT2D eigenvalue weighted by Gasteiger charge is -2.23. The van der Waals surface area contributed by atoms with Crippen LogP contribution in [0.1, 0.15) is 29.5 Å². The Morgan fingerprint density at radius 3 is 3.09 bits per heavy atom. The van der Waals surface area contributed by atoms with E-state index >= 15 is 0 Å². The van der Waals surface area contributed by atoms with E-state index in [1.54, 1.807) is 22.2 Å². The second kappa shape index (κ2) is 6.58. The van der Waals surface area contributed by atoms with E-state index in [0.717, 1.165) is 42.4 Å². The standard InChI is InChI=1S/C15H21N5OS/c1-3-20-7-6-12-13(10-20)22-15(17-12)18-14(21)5-4-11-8-16-19(2)9-11/h8-9H,3-7,10H2,1-2H3,(H,17,18,21). The molecule has 1 amide bonds. The van der Waals surface area contributed by atoms with E-state index in [0.29, 0.717) is 12.8 Å². The van der Waals surface area contributed by atoms with Gasteiger partial charge in [0.25, 0.3) is 0 Å². The Morgan fingerprint density at radius 1 is 1.50 bits per heavy atom. The molecule has 7 heteroatoms. The lowest BCUT2D eigenvalue weighted by atomic mass is 10.2. The largest absolute Gasteiger partial charge is 0.302 e. The second-order valence-corrected chi connectivity index (χ2v) is 6.66. The Morgan fingerprint density at radius 2 is 2.36 bits per heavy atom. The summed E-state index contributed by atoms with van der Waals surface area (Å²) in [6.07, 6.45) is 5.88. The number of hydrogen-bond donors (Lipinski definition) is 1. The van der Waals surface area contributed by atoms with Crippen molar-refractivity contribution in [3.05, 3.63) is 28.5 Å². The first kappa shape index (κ1) is 15.2. The van der Waals surface area contributed by atoms with Crippen LogP contribution in [0.15, 0.2) is 12.4 Å². The third kappa shape index (κ3) is 3.53. The van der Waals surface area contributed by atoms with E-state index in [9.17, 15) is 4.79 Å². The fraction of sp³-hybridized carbons (Fsp3) is 0.533. The van der Waals surface area contributed by atoms with Crippen LogP contribution in [0.4, 0.5) is 5.13 Å². The lowest BCUT2D eigenvalue weighted by molar-refractivity contribution is -0.116. The zero-order chi connectivity index (χ0) is 15.5. The maximum absolute atomic E-state index is 12.0. The molecular formula is C15H21N5OS. The molecule has 2 aromatic rings. The van der Waals surface area contributed by atoms with E-state index in [2.05, 4.69) is 27.2 Å². The average Bonchev–Trinajstić information content (AvgIpc) is 3.09. The number of thiazole rings is 1. The Balaban J connectivity index is 1.55. The lowest BCUT2D eigenvalue weighted by Crippen LogP contribution is -2.29. The van der Waals surface area contributed by atoms with Crippen molar-refractivity contribution in [3.8, 4) is 0 Å². The van der Waals surface area contributed by atoms with Gasteiger partial charge in [0.05, 0.1) is 11.9 Å². The summed E-state index contributed by atoms with van der Waals surface area (Å²) in [5.74, 6) is 0.0160. The number of aryl methyl sites for hydroxylation is 2. The van der Waals surface area contributed by atoms with Crippen molar-refractivity contribution in [2.75, 3.05) is 18.4 Å². The number of carbonyl (C=O) groups is 1. The fourth-order valence-electron chi connectivity index (χ4n) is 2.61. The number of rotatable bonds is 5. The molecule has 2 aromatic heterocycles. The van der Waals surface area contributed by atoms with Gasteiger partial charge in [-0.15, -0.1) is 11.3 Å². The molecule has 0 spiro atoms. The van der Waals surface area contributed by atoms with E-state index in [-0.39, 0.29) is 5.91 Å². The molecule has 6 nitrogen and oxygen atoms in total. The first-order valence-electron chi connectivity index (χ1n) is 7.62. The summed E-state index contributed by atoms with van der Waals surface area (Å²) >= 11 is 1.61. The monoisotopic (exact) mass is 319 g/mol. The van der Waals surface area contributed by atoms with Crippen molar-refractivity contribution in [1.29, 1.82) is 0 Å². The summed E-state index contributed by atoms with van der Waals surface area (Å²) in [7, 11) is 1.88. The summed E-state index contributed by atoms with van der Waals surface area (Å²) in [4.78, 5) is 20.3. The molecule has 3 heterocycles. The first-order chi connectivity index (χ1) is 10.6. The Labute approximate surface area is 134 Å². The van der Waals surface area contributed by atoms with Crippen LogP contribution in [0, 0.1) is 0 Å². The maximum Gasteiger partial charge on any atom is 0.226 e. The molecule has 0 saturated carbocycles. The van der Waals surface area contributed by atoms with Crippen LogP contribution in [-0.2, 0) is 31.2 Å². The van der Waals surface area contributed by atoms with Crippen LogP contribution in [0.5, 0.6) is 0 Å². The second-order valence-electron chi connectivity index (χ2n) is 5.58. The highest BCUT2D eigenvalue weighted by molar-refractivity contribution is 7.15. The predicted molar refractivity (Wildman–Crippen MR) is 86.9 cm³/mol. The number of nitrogens with zero attached hydrogens (tertiary/aromatic N) is 4. The molecule has 1 aliphatic heterocycles. The van der Waals surface area contributed by atoms with Crippen LogP contribution in [0.3, 0.4) is 0 Å². The van der Waals surface area contributed by atoms with Gasteiger partial charge >= 0.3 is 0 Å². The molecule has 3 rings (SSSR count). The molecule has 0 radical (unpaired) electrons. The van der Waals surface area contributed by atoms with Crippen molar-refractivity contribution >= 4 is 22.4 Å². The Kier molecular flexibility index (Phi) is 4.54. The van der Waals surface area contributed by atoms with Crippen molar-refractivity contribution in [2.24, 2.45) is 7.05 Å². The quantitative estimate of drug-likeness (QED) is 0.913. The highest BCUT2D eigenvalue weighted by atomic mass is 32.1. The highest BCUT2D eigenvalue weighted by Crippen LogP contribution is 2.28. The minimum absolute atomic E-state index is 0.0160. The van der Waals surface area contributed by atoms with Gasteiger partial charge in [0.15, 0.2) is 5.13 Å². The van der Waals surface area contributed by atoms with Crippen molar-refractivity contribution in [2.45, 2.75) is 32.7 Å². The third-order valence-electron chi connectivity index (χ3n) is 3.90. The minimum atomic E-state index is 0.0160. The van der Waals surface area contributed by atoms with Gasteiger partial charge < -0.3 is 5.32 Å². The SMILES string of the molecule is CCN1CCc2nc(NC(=O)CCc3cnn(C)c3)sc2C1. The number of fused-ring (bicyclic) bond motifs is 1. The van der Waals surface area contributed by atoms with Gasteiger partial charge in [-0.1, -0.05) is 6.92 Å². The number of amides is 1. The normalized spacial score (nSPS) is 14.8. The van der Waals surface area contributed by atoms with Crippen LogP contribution >= 0.6 is 11.3 Å². The first-order valence-corrected chi connectivity index (χ1v) is 8.44. The van der Waals surface area contributed by atoms with E-state index in [4.69, 9.17) is 0 Å². The molecule has 0 aliphatic carbocycles. The van der Waals surface area contributed by atoms with Crippen molar-refractivity contribution < 1.29 is 4.79 Å². The summed E-state index contributed by atoms with van der Waals surface area (Å²) in [6, 6.07) is 0. The topological polar surface area (TPSA) is 63.1 Å². The van der Waals surface area contributed by atoms with Crippen LogP contribution in [0.25, 0.3) is 0 Å². The zero-order valence-electron chi connectivity index (χ0n) is 13.0. The summed E-state index contributed by atoms with van der Waals surface area (Å²) in [6.45, 7) is 5.24. The van der Waals surface area contributed by atoms with Gasteiger partial charge in [0, 0.05) is 44.1 Å². The molecule has 118 valence electrons. The molecule has 0 unspecified atom stereocenters. The van der Waals surface area contributed by atoms with Gasteiger partial charge in [-0.2, -0.15) is 5.10 Å². The van der Waals surface area contributed by atoms with E-state index < -0.39 is 0 Å². The number of likely N-dealkylation sites (N-methyl/N-ethyl adjacent to an activating group) is 1. The fourth-order valence-corrected chi connectivity index (χ4v) is 3.68. The summed E-state index contributed by atoms with van der Waals surface area (Å²) in [5.41, 5.74) is 2.23. The van der Waals surface area contributed by atoms with Gasteiger partial charge in [0.1, 0.15) is 0 Å². The Bertz CT molecular complexity index is 663. The molecule has 0 fully saturated rings. The summed E-state index contributed by atoms with van der Waals surface area (Å²) < 4.78 is 1.75. The number of aromatic nitrogens is 3. The van der Waals surface area contributed by atoms with Crippen molar-refractivity contribution in [1.82, 2.24) is 19.7 Å². The zero-order valence-corrected chi connectivity index (χ0v) is 13.8. The van der Waals surface area contributed by atoms with E-state index in [1.165, 1.54) is 4.88 Å². The van der Waals surface area contributed by atoms with Gasteiger partial charge in [-0.3, -0.25) is 14.4 Å². The molecule has 1 aliphatic rings. The predicted octanol–water partition coefficient (Wildman–Crippen LogP) is 1.83. The number of hydrogen-bond acceptors (Lipinski definition) is 5. The molecule has 0 bridgehead atoms. The number of carbonyl (C=O) groups excluding carboxylic acids is 1. The molecule has 22 heavy (non-hydrogen) atoms. The van der Waals surface area contributed by atoms with Gasteiger partial charge in [-0.25, -0.2) is 4.98 Å². The maximum atomic E-state index is 12.0. The van der Waals surface area contributed by atoms with Crippen LogP contribution in [0.2, 0.25) is 0 Å².